The highest BCUT2D eigenvalue weighted by Crippen LogP contribution is 2.37. The van der Waals surface area contributed by atoms with Gasteiger partial charge in [-0.05, 0) is 19.3 Å². The topological polar surface area (TPSA) is 99.6 Å². The second kappa shape index (κ2) is 7.21. The molecule has 3 rings (SSSR count). The van der Waals surface area contributed by atoms with Gasteiger partial charge in [-0.2, -0.15) is 5.10 Å². The molecule has 0 radical (unpaired) electrons. The van der Waals surface area contributed by atoms with E-state index < -0.39 is 11.9 Å². The molecule has 0 aliphatic heterocycles. The number of aryl methyl sites for hydroxylation is 2. The summed E-state index contributed by atoms with van der Waals surface area (Å²) < 4.78 is 14.2. The first-order valence-electron chi connectivity index (χ1n) is 8.44. The Hall–Kier alpha value is -2.09. The highest BCUT2D eigenvalue weighted by Gasteiger charge is 2.35. The second-order valence-corrected chi connectivity index (χ2v) is 6.21. The van der Waals surface area contributed by atoms with Crippen LogP contribution in [0.4, 0.5) is 10.2 Å². The predicted molar refractivity (Wildman–Crippen MR) is 87.1 cm³/mol. The summed E-state index contributed by atoms with van der Waals surface area (Å²) in [5.41, 5.74) is 0.394. The minimum absolute atomic E-state index is 0.0121. The van der Waals surface area contributed by atoms with Gasteiger partial charge in [-0.1, -0.05) is 13.8 Å². The Labute approximate surface area is 140 Å². The first kappa shape index (κ1) is 16.8. The molecular weight excluding hydrogens is 311 g/mol. The van der Waals surface area contributed by atoms with Gasteiger partial charge in [0.25, 0.3) is 0 Å². The van der Waals surface area contributed by atoms with Crippen molar-refractivity contribution in [2.45, 2.75) is 51.6 Å². The zero-order valence-electron chi connectivity index (χ0n) is 14.0. The summed E-state index contributed by atoms with van der Waals surface area (Å²) in [4.78, 5) is 12.3. The number of aliphatic hydroxyl groups is 1. The van der Waals surface area contributed by atoms with Crippen molar-refractivity contribution in [1.82, 2.24) is 25.1 Å². The van der Waals surface area contributed by atoms with Gasteiger partial charge in [0, 0.05) is 24.8 Å². The summed E-state index contributed by atoms with van der Waals surface area (Å²) in [5.74, 6) is 1.54. The largest absolute Gasteiger partial charge is 0.393 e. The third-order valence-electron chi connectivity index (χ3n) is 4.63. The van der Waals surface area contributed by atoms with Crippen LogP contribution >= 0.6 is 0 Å². The van der Waals surface area contributed by atoms with Crippen LogP contribution in [0.1, 0.15) is 49.9 Å². The zero-order valence-corrected chi connectivity index (χ0v) is 14.0. The molecule has 0 unspecified atom stereocenters. The average Bonchev–Trinajstić information content (AvgIpc) is 3.20. The molecule has 8 heteroatoms. The van der Waals surface area contributed by atoms with Gasteiger partial charge in [-0.25, -0.2) is 19.3 Å². The van der Waals surface area contributed by atoms with Crippen LogP contribution in [-0.4, -0.2) is 42.9 Å². The lowest BCUT2D eigenvalue weighted by atomic mass is 10.0. The second-order valence-electron chi connectivity index (χ2n) is 6.21. The van der Waals surface area contributed by atoms with Crippen molar-refractivity contribution in [3.8, 4) is 0 Å². The number of nitrogens with one attached hydrogen (secondary N) is 2. The van der Waals surface area contributed by atoms with Crippen molar-refractivity contribution in [2.75, 3.05) is 11.9 Å². The van der Waals surface area contributed by atoms with E-state index in [1.165, 1.54) is 6.33 Å². The van der Waals surface area contributed by atoms with Crippen LogP contribution in [0.3, 0.4) is 0 Å². The number of H-pyrrole nitrogens is 1. The van der Waals surface area contributed by atoms with E-state index in [1.807, 2.05) is 13.8 Å². The number of aromatic nitrogens is 5. The standard InChI is InChI=1S/C16H23FN6O/c1-3-11-14(17)16(20-8-19-11)18-7-10-5-9(6-12(10)24)15-21-13(4-2)22-23-15/h8-10,12,24H,3-7H2,1-2H3,(H,18,19,20)(H,21,22,23)/t9-,10+,12+/m0/s1. The normalized spacial score (nSPS) is 23.6. The maximum absolute atomic E-state index is 14.2. The number of rotatable bonds is 6. The zero-order chi connectivity index (χ0) is 17.1. The van der Waals surface area contributed by atoms with Gasteiger partial charge in [0.15, 0.2) is 17.5 Å². The van der Waals surface area contributed by atoms with E-state index in [9.17, 15) is 9.50 Å². The Morgan fingerprint density at radius 2 is 2.12 bits per heavy atom. The average molecular weight is 334 g/mol. The lowest BCUT2D eigenvalue weighted by molar-refractivity contribution is 0.137. The van der Waals surface area contributed by atoms with Crippen LogP contribution in [0, 0.1) is 11.7 Å². The van der Waals surface area contributed by atoms with Crippen molar-refractivity contribution in [1.29, 1.82) is 0 Å². The van der Waals surface area contributed by atoms with E-state index in [2.05, 4.69) is 30.5 Å². The Morgan fingerprint density at radius 3 is 2.83 bits per heavy atom. The number of nitrogens with zero attached hydrogens (tertiary/aromatic N) is 4. The molecule has 130 valence electrons. The van der Waals surface area contributed by atoms with Gasteiger partial charge in [0.05, 0.1) is 11.8 Å². The fourth-order valence-electron chi connectivity index (χ4n) is 3.19. The third kappa shape index (κ3) is 3.38. The fraction of sp³-hybridized carbons (Fsp3) is 0.625. The van der Waals surface area contributed by atoms with Gasteiger partial charge in [0.2, 0.25) is 0 Å². The molecule has 3 N–H and O–H groups in total. The molecule has 0 spiro atoms. The molecule has 1 aliphatic carbocycles. The summed E-state index contributed by atoms with van der Waals surface area (Å²) in [6, 6.07) is 0. The number of hydrogen-bond donors (Lipinski definition) is 3. The molecule has 0 bridgehead atoms. The van der Waals surface area contributed by atoms with E-state index in [0.29, 0.717) is 25.1 Å². The van der Waals surface area contributed by atoms with Gasteiger partial charge < -0.3 is 10.4 Å². The monoisotopic (exact) mass is 334 g/mol. The minimum Gasteiger partial charge on any atom is -0.393 e. The SMILES string of the molecule is CCc1nc([C@H]2C[C@H](CNc3ncnc(CC)c3F)[C@H](O)C2)n[nH]1. The molecule has 3 atom stereocenters. The molecule has 24 heavy (non-hydrogen) atoms. The smallest absolute Gasteiger partial charge is 0.186 e. The number of aromatic amines is 1. The van der Waals surface area contributed by atoms with Gasteiger partial charge in [-0.3, -0.25) is 5.10 Å². The third-order valence-corrected chi connectivity index (χ3v) is 4.63. The fourth-order valence-corrected chi connectivity index (χ4v) is 3.19. The van der Waals surface area contributed by atoms with Crippen molar-refractivity contribution in [2.24, 2.45) is 5.92 Å². The molecule has 7 nitrogen and oxygen atoms in total. The van der Waals surface area contributed by atoms with Crippen LogP contribution in [-0.2, 0) is 12.8 Å². The van der Waals surface area contributed by atoms with Crippen LogP contribution < -0.4 is 5.32 Å². The van der Waals surface area contributed by atoms with E-state index >= 15 is 0 Å². The van der Waals surface area contributed by atoms with Gasteiger partial charge >= 0.3 is 0 Å². The maximum Gasteiger partial charge on any atom is 0.186 e. The van der Waals surface area contributed by atoms with Crippen LogP contribution in [0.15, 0.2) is 6.33 Å². The first-order valence-corrected chi connectivity index (χ1v) is 8.44. The van der Waals surface area contributed by atoms with Crippen molar-refractivity contribution >= 4 is 5.82 Å². The van der Waals surface area contributed by atoms with Crippen LogP contribution in [0.5, 0.6) is 0 Å². The predicted octanol–water partition coefficient (Wildman–Crippen LogP) is 1.83. The van der Waals surface area contributed by atoms with Crippen molar-refractivity contribution in [3.05, 3.63) is 29.5 Å². The first-order chi connectivity index (χ1) is 11.6. The van der Waals surface area contributed by atoms with Crippen LogP contribution in [0.25, 0.3) is 0 Å². The lowest BCUT2D eigenvalue weighted by Crippen LogP contribution is -2.23. The summed E-state index contributed by atoms with van der Waals surface area (Å²) in [7, 11) is 0. The molecule has 1 fully saturated rings. The Kier molecular flexibility index (Phi) is 5.03. The van der Waals surface area contributed by atoms with E-state index in [4.69, 9.17) is 0 Å². The molecule has 0 amide bonds. The van der Waals surface area contributed by atoms with Crippen LogP contribution in [0.2, 0.25) is 0 Å². The number of halogens is 1. The molecule has 1 aliphatic rings. The van der Waals surface area contributed by atoms with E-state index in [0.717, 1.165) is 24.5 Å². The van der Waals surface area contributed by atoms with Crippen molar-refractivity contribution in [3.63, 3.8) is 0 Å². The molecule has 2 heterocycles. The Balaban J connectivity index is 1.62. The van der Waals surface area contributed by atoms with Gasteiger partial charge in [-0.15, -0.1) is 0 Å². The summed E-state index contributed by atoms with van der Waals surface area (Å²) >= 11 is 0. The Bertz CT molecular complexity index is 691. The summed E-state index contributed by atoms with van der Waals surface area (Å²) in [6.07, 6.45) is 3.61. The van der Waals surface area contributed by atoms with Gasteiger partial charge in [0.1, 0.15) is 12.2 Å². The maximum atomic E-state index is 14.2. The Morgan fingerprint density at radius 1 is 1.29 bits per heavy atom. The number of anilines is 1. The molecule has 2 aromatic heterocycles. The highest BCUT2D eigenvalue weighted by atomic mass is 19.1. The lowest BCUT2D eigenvalue weighted by Gasteiger charge is -2.16. The quantitative estimate of drug-likeness (QED) is 0.745. The molecule has 0 saturated heterocycles. The molecule has 0 aromatic carbocycles. The molecule has 2 aromatic rings. The molecular formula is C16H23FN6O. The summed E-state index contributed by atoms with van der Waals surface area (Å²) in [6.45, 7) is 4.32. The van der Waals surface area contributed by atoms with Crippen molar-refractivity contribution < 1.29 is 9.50 Å². The van der Waals surface area contributed by atoms with E-state index in [-0.39, 0.29) is 17.7 Å². The minimum atomic E-state index is -0.457. The molecule has 1 saturated carbocycles. The van der Waals surface area contributed by atoms with E-state index in [1.54, 1.807) is 0 Å². The highest BCUT2D eigenvalue weighted by molar-refractivity contribution is 5.37. The summed E-state index contributed by atoms with van der Waals surface area (Å²) in [5, 5.41) is 20.5. The number of hydrogen-bond acceptors (Lipinski definition) is 6. The number of aliphatic hydroxyl groups excluding tert-OH is 1.